The van der Waals surface area contributed by atoms with Crippen molar-refractivity contribution in [2.24, 2.45) is 0 Å². The molecule has 1 aromatic rings. The molecule has 0 amide bonds. The lowest BCUT2D eigenvalue weighted by molar-refractivity contribution is 0.0361. The maximum absolute atomic E-state index is 13.1. The molecule has 3 heteroatoms. The first-order chi connectivity index (χ1) is 6.25. The number of likely N-dealkylation sites (tertiary alicyclic amines) is 1. The van der Waals surface area contributed by atoms with Gasteiger partial charge in [0, 0.05) is 13.1 Å². The highest BCUT2D eigenvalue weighted by molar-refractivity contribution is 5.24. The number of halogens is 1. The Morgan fingerprint density at radius 2 is 2.08 bits per heavy atom. The molecule has 0 aliphatic carbocycles. The Hall–Kier alpha value is -1.09. The van der Waals surface area contributed by atoms with E-state index in [1.165, 1.54) is 6.07 Å². The van der Waals surface area contributed by atoms with Crippen molar-refractivity contribution in [3.05, 3.63) is 30.1 Å². The van der Waals surface area contributed by atoms with Crippen LogP contribution in [0.1, 0.15) is 0 Å². The second-order valence-corrected chi connectivity index (χ2v) is 3.39. The van der Waals surface area contributed by atoms with Gasteiger partial charge in [-0.05, 0) is 19.2 Å². The smallest absolute Gasteiger partial charge is 0.165 e. The van der Waals surface area contributed by atoms with E-state index in [1.807, 2.05) is 7.05 Å². The standard InChI is InChI=1S/C10H12FNO/c1-12-6-8(7-12)13-10-5-3-2-4-9(10)11/h2-5,8H,6-7H2,1H3. The first-order valence-electron chi connectivity index (χ1n) is 4.35. The Bertz CT molecular complexity index is 297. The molecule has 0 N–H and O–H groups in total. The number of rotatable bonds is 2. The molecule has 0 saturated carbocycles. The SMILES string of the molecule is CN1CC(Oc2ccccc2F)C1. The highest BCUT2D eigenvalue weighted by Gasteiger charge is 2.25. The van der Waals surface area contributed by atoms with Gasteiger partial charge in [-0.15, -0.1) is 0 Å². The van der Waals surface area contributed by atoms with Gasteiger partial charge >= 0.3 is 0 Å². The van der Waals surface area contributed by atoms with Crippen LogP contribution in [0.3, 0.4) is 0 Å². The topological polar surface area (TPSA) is 12.5 Å². The van der Waals surface area contributed by atoms with E-state index in [-0.39, 0.29) is 11.9 Å². The predicted molar refractivity (Wildman–Crippen MR) is 48.3 cm³/mol. The van der Waals surface area contributed by atoms with Gasteiger partial charge in [-0.25, -0.2) is 4.39 Å². The monoisotopic (exact) mass is 181 g/mol. The van der Waals surface area contributed by atoms with E-state index in [1.54, 1.807) is 18.2 Å². The fraction of sp³-hybridized carbons (Fsp3) is 0.400. The molecular weight excluding hydrogens is 169 g/mol. The number of ether oxygens (including phenoxy) is 1. The minimum atomic E-state index is -0.281. The van der Waals surface area contributed by atoms with Crippen LogP contribution in [0.5, 0.6) is 5.75 Å². The zero-order valence-corrected chi connectivity index (χ0v) is 7.53. The van der Waals surface area contributed by atoms with Crippen molar-refractivity contribution in [3.63, 3.8) is 0 Å². The summed E-state index contributed by atoms with van der Waals surface area (Å²) in [6, 6.07) is 6.52. The summed E-state index contributed by atoms with van der Waals surface area (Å²) < 4.78 is 18.5. The largest absolute Gasteiger partial charge is 0.485 e. The van der Waals surface area contributed by atoms with Gasteiger partial charge < -0.3 is 4.74 Å². The van der Waals surface area contributed by atoms with Crippen LogP contribution in [-0.4, -0.2) is 31.1 Å². The quantitative estimate of drug-likeness (QED) is 0.685. The fourth-order valence-corrected chi connectivity index (χ4v) is 1.44. The first kappa shape index (κ1) is 8.51. The number of hydrogen-bond donors (Lipinski definition) is 0. The molecular formula is C10H12FNO. The van der Waals surface area contributed by atoms with E-state index in [4.69, 9.17) is 4.74 Å². The zero-order chi connectivity index (χ0) is 9.26. The number of hydrogen-bond acceptors (Lipinski definition) is 2. The Labute approximate surface area is 76.9 Å². The highest BCUT2D eigenvalue weighted by Crippen LogP contribution is 2.19. The number of likely N-dealkylation sites (N-methyl/N-ethyl adjacent to an activating group) is 1. The molecule has 0 spiro atoms. The fourth-order valence-electron chi connectivity index (χ4n) is 1.44. The molecule has 0 bridgehead atoms. The van der Waals surface area contributed by atoms with Gasteiger partial charge in [0.2, 0.25) is 0 Å². The summed E-state index contributed by atoms with van der Waals surface area (Å²) in [5.74, 6) is 0.0812. The van der Waals surface area contributed by atoms with Gasteiger partial charge in [-0.3, -0.25) is 4.90 Å². The molecule has 1 aliphatic rings. The van der Waals surface area contributed by atoms with E-state index in [9.17, 15) is 4.39 Å². The molecule has 1 aliphatic heterocycles. The molecule has 2 nitrogen and oxygen atoms in total. The van der Waals surface area contributed by atoms with Crippen LogP contribution >= 0.6 is 0 Å². The average molecular weight is 181 g/mol. The third kappa shape index (κ3) is 1.80. The minimum absolute atomic E-state index is 0.155. The van der Waals surface area contributed by atoms with Crippen LogP contribution in [0.2, 0.25) is 0 Å². The molecule has 1 fully saturated rings. The lowest BCUT2D eigenvalue weighted by Gasteiger charge is -2.35. The van der Waals surface area contributed by atoms with Crippen molar-refractivity contribution in [1.82, 2.24) is 4.90 Å². The van der Waals surface area contributed by atoms with Crippen molar-refractivity contribution in [2.45, 2.75) is 6.10 Å². The zero-order valence-electron chi connectivity index (χ0n) is 7.53. The van der Waals surface area contributed by atoms with E-state index in [2.05, 4.69) is 4.90 Å². The Kier molecular flexibility index (Phi) is 2.19. The second kappa shape index (κ2) is 3.34. The van der Waals surface area contributed by atoms with E-state index in [0.717, 1.165) is 13.1 Å². The molecule has 1 saturated heterocycles. The molecule has 70 valence electrons. The maximum Gasteiger partial charge on any atom is 0.165 e. The Balaban J connectivity index is 1.98. The van der Waals surface area contributed by atoms with E-state index >= 15 is 0 Å². The van der Waals surface area contributed by atoms with E-state index in [0.29, 0.717) is 5.75 Å². The number of benzene rings is 1. The molecule has 1 heterocycles. The molecule has 2 rings (SSSR count). The summed E-state index contributed by atoms with van der Waals surface area (Å²) in [6.45, 7) is 1.77. The van der Waals surface area contributed by atoms with E-state index < -0.39 is 0 Å². The first-order valence-corrected chi connectivity index (χ1v) is 4.35. The van der Waals surface area contributed by atoms with Crippen molar-refractivity contribution >= 4 is 0 Å². The van der Waals surface area contributed by atoms with Crippen LogP contribution in [0.15, 0.2) is 24.3 Å². The lowest BCUT2D eigenvalue weighted by Crippen LogP contribution is -2.51. The summed E-state index contributed by atoms with van der Waals surface area (Å²) >= 11 is 0. The minimum Gasteiger partial charge on any atom is -0.485 e. The number of nitrogens with zero attached hydrogens (tertiary/aromatic N) is 1. The van der Waals surface area contributed by atoms with Crippen molar-refractivity contribution < 1.29 is 9.13 Å². The number of para-hydroxylation sites is 1. The average Bonchev–Trinajstić information content (AvgIpc) is 2.06. The predicted octanol–water partition coefficient (Wildman–Crippen LogP) is 1.52. The molecule has 0 aromatic heterocycles. The van der Waals surface area contributed by atoms with Gasteiger partial charge in [0.15, 0.2) is 11.6 Å². The maximum atomic E-state index is 13.1. The molecule has 13 heavy (non-hydrogen) atoms. The molecule has 0 unspecified atom stereocenters. The van der Waals surface area contributed by atoms with Gasteiger partial charge in [-0.1, -0.05) is 12.1 Å². The summed E-state index contributed by atoms with van der Waals surface area (Å²) in [5, 5.41) is 0. The van der Waals surface area contributed by atoms with Crippen LogP contribution < -0.4 is 4.74 Å². The molecule has 0 radical (unpaired) electrons. The normalized spacial score (nSPS) is 18.3. The summed E-state index contributed by atoms with van der Waals surface area (Å²) in [5.41, 5.74) is 0. The van der Waals surface area contributed by atoms with Crippen LogP contribution in [0, 0.1) is 5.82 Å². The highest BCUT2D eigenvalue weighted by atomic mass is 19.1. The van der Waals surface area contributed by atoms with Crippen molar-refractivity contribution in [3.8, 4) is 5.75 Å². The lowest BCUT2D eigenvalue weighted by atomic mass is 10.2. The third-order valence-corrected chi connectivity index (χ3v) is 2.16. The van der Waals surface area contributed by atoms with Crippen LogP contribution in [0.25, 0.3) is 0 Å². The van der Waals surface area contributed by atoms with Gasteiger partial charge in [0.1, 0.15) is 6.10 Å². The molecule has 1 aromatic carbocycles. The van der Waals surface area contributed by atoms with Gasteiger partial charge in [0.25, 0.3) is 0 Å². The Morgan fingerprint density at radius 3 is 2.69 bits per heavy atom. The molecule has 0 atom stereocenters. The Morgan fingerprint density at radius 1 is 1.38 bits per heavy atom. The second-order valence-electron chi connectivity index (χ2n) is 3.39. The van der Waals surface area contributed by atoms with Gasteiger partial charge in [0.05, 0.1) is 0 Å². The van der Waals surface area contributed by atoms with Crippen LogP contribution in [0.4, 0.5) is 4.39 Å². The summed E-state index contributed by atoms with van der Waals surface area (Å²) in [4.78, 5) is 2.13. The van der Waals surface area contributed by atoms with Crippen molar-refractivity contribution in [1.29, 1.82) is 0 Å². The van der Waals surface area contributed by atoms with Crippen LogP contribution in [-0.2, 0) is 0 Å². The van der Waals surface area contributed by atoms with Gasteiger partial charge in [-0.2, -0.15) is 0 Å². The summed E-state index contributed by atoms with van der Waals surface area (Å²) in [6.07, 6.45) is 0.155. The summed E-state index contributed by atoms with van der Waals surface area (Å²) in [7, 11) is 2.02. The third-order valence-electron chi connectivity index (χ3n) is 2.16. The van der Waals surface area contributed by atoms with Crippen molar-refractivity contribution in [2.75, 3.05) is 20.1 Å².